The normalized spacial score (nSPS) is 14.6. The van der Waals surface area contributed by atoms with Crippen molar-refractivity contribution in [3.05, 3.63) is 66.6 Å². The molecule has 196 valence electrons. The van der Waals surface area contributed by atoms with Crippen molar-refractivity contribution in [2.45, 2.75) is 44.9 Å². The summed E-state index contributed by atoms with van der Waals surface area (Å²) in [5.74, 6) is -0.836. The van der Waals surface area contributed by atoms with E-state index in [1.807, 2.05) is 25.1 Å². The van der Waals surface area contributed by atoms with Gasteiger partial charge in [0, 0.05) is 52.4 Å². The summed E-state index contributed by atoms with van der Waals surface area (Å²) in [7, 11) is 0. The smallest absolute Gasteiger partial charge is 0.303 e. The molecule has 1 unspecified atom stereocenters. The van der Waals surface area contributed by atoms with Crippen molar-refractivity contribution in [1.82, 2.24) is 10.3 Å². The van der Waals surface area contributed by atoms with E-state index in [4.69, 9.17) is 39.8 Å². The van der Waals surface area contributed by atoms with Crippen molar-refractivity contribution in [2.75, 3.05) is 24.5 Å². The number of piperidine rings is 1. The van der Waals surface area contributed by atoms with Crippen molar-refractivity contribution in [1.29, 1.82) is 0 Å². The van der Waals surface area contributed by atoms with E-state index in [1.165, 1.54) is 6.42 Å². The van der Waals surface area contributed by atoms with Crippen molar-refractivity contribution < 1.29 is 14.7 Å². The minimum Gasteiger partial charge on any atom is -0.481 e. The second kappa shape index (κ2) is 12.2. The average molecular weight is 628 g/mol. The van der Waals surface area contributed by atoms with Crippen LogP contribution in [0.1, 0.15) is 59.5 Å². The molecule has 0 spiro atoms. The maximum absolute atomic E-state index is 13.8. The van der Waals surface area contributed by atoms with Crippen LogP contribution in [0, 0.1) is 6.92 Å². The summed E-state index contributed by atoms with van der Waals surface area (Å²) < 4.78 is 0.845. The summed E-state index contributed by atoms with van der Waals surface area (Å²) in [6.07, 6.45) is 3.50. The Hall–Kier alpha value is -2.06. The summed E-state index contributed by atoms with van der Waals surface area (Å²) in [4.78, 5) is 32.3. The number of benzene rings is 2. The molecule has 1 amide bonds. The van der Waals surface area contributed by atoms with Crippen LogP contribution in [-0.2, 0) is 4.79 Å². The molecular weight excluding hydrogens is 601 g/mol. The number of carboxylic acids is 1. The molecule has 10 heteroatoms. The van der Waals surface area contributed by atoms with Gasteiger partial charge in [-0.05, 0) is 68.5 Å². The molecule has 0 aliphatic carbocycles. The molecule has 0 saturated carbocycles. The molecule has 2 aromatic carbocycles. The third kappa shape index (κ3) is 6.33. The number of fused-ring (bicyclic) bond motifs is 1. The Balaban J connectivity index is 1.70. The number of nitrogens with one attached hydrogen (secondary N) is 1. The molecule has 37 heavy (non-hydrogen) atoms. The van der Waals surface area contributed by atoms with Gasteiger partial charge in [-0.1, -0.05) is 50.7 Å². The zero-order valence-electron chi connectivity index (χ0n) is 20.3. The lowest BCUT2D eigenvalue weighted by atomic mass is 9.93. The van der Waals surface area contributed by atoms with Crippen LogP contribution in [0.15, 0.2) is 34.8 Å². The lowest BCUT2D eigenvalue weighted by molar-refractivity contribution is -0.137. The quantitative estimate of drug-likeness (QED) is 0.251. The second-order valence-corrected chi connectivity index (χ2v) is 11.3. The van der Waals surface area contributed by atoms with Crippen LogP contribution in [0.4, 0.5) is 5.82 Å². The van der Waals surface area contributed by atoms with Gasteiger partial charge in [0.25, 0.3) is 5.91 Å². The zero-order chi connectivity index (χ0) is 26.7. The van der Waals surface area contributed by atoms with Crippen LogP contribution in [0.3, 0.4) is 0 Å². The number of carbonyl (C=O) groups excluding carboxylic acids is 1. The average Bonchev–Trinajstić information content (AvgIpc) is 2.87. The van der Waals surface area contributed by atoms with E-state index in [0.29, 0.717) is 21.2 Å². The van der Waals surface area contributed by atoms with Gasteiger partial charge >= 0.3 is 5.97 Å². The molecule has 1 saturated heterocycles. The number of anilines is 1. The number of aromatic nitrogens is 1. The Kier molecular flexibility index (Phi) is 9.22. The van der Waals surface area contributed by atoms with Gasteiger partial charge in [0.1, 0.15) is 5.82 Å². The van der Waals surface area contributed by atoms with Gasteiger partial charge in [-0.25, -0.2) is 4.98 Å². The molecule has 1 atom stereocenters. The fourth-order valence-corrected chi connectivity index (χ4v) is 6.10. The van der Waals surface area contributed by atoms with E-state index < -0.39 is 11.9 Å². The number of hydrogen-bond donors (Lipinski definition) is 2. The van der Waals surface area contributed by atoms with Crippen LogP contribution in [-0.4, -0.2) is 41.6 Å². The van der Waals surface area contributed by atoms with E-state index in [2.05, 4.69) is 26.1 Å². The van der Waals surface area contributed by atoms with Crippen molar-refractivity contribution in [3.8, 4) is 0 Å². The summed E-state index contributed by atoms with van der Waals surface area (Å²) in [6, 6.07) is 8.94. The predicted molar refractivity (Wildman–Crippen MR) is 154 cm³/mol. The van der Waals surface area contributed by atoms with Gasteiger partial charge in [0.15, 0.2) is 0 Å². The first kappa shape index (κ1) is 28.0. The number of carboxylic acid groups (broad SMARTS) is 1. The topological polar surface area (TPSA) is 82.5 Å². The molecule has 1 fully saturated rings. The number of aliphatic carboxylic acids is 1. The highest BCUT2D eigenvalue weighted by Crippen LogP contribution is 2.38. The Morgan fingerprint density at radius 2 is 1.81 bits per heavy atom. The fourth-order valence-electron chi connectivity index (χ4n) is 4.89. The number of carbonyl (C=O) groups is 2. The van der Waals surface area contributed by atoms with Crippen LogP contribution in [0.25, 0.3) is 10.9 Å². The molecule has 0 radical (unpaired) electrons. The Morgan fingerprint density at radius 1 is 1.11 bits per heavy atom. The Morgan fingerprint density at radius 3 is 2.51 bits per heavy atom. The number of rotatable bonds is 8. The maximum Gasteiger partial charge on any atom is 0.303 e. The lowest BCUT2D eigenvalue weighted by Crippen LogP contribution is -2.33. The Labute approximate surface area is 239 Å². The molecular formula is C27H27BrCl3N3O3. The fraction of sp³-hybridized carbons (Fsp3) is 0.370. The van der Waals surface area contributed by atoms with E-state index in [1.54, 1.807) is 12.1 Å². The second-order valence-electron chi connectivity index (χ2n) is 9.24. The minimum atomic E-state index is -0.947. The molecule has 2 heterocycles. The molecule has 1 aromatic heterocycles. The molecule has 6 nitrogen and oxygen atoms in total. The maximum atomic E-state index is 13.8. The first-order valence-electron chi connectivity index (χ1n) is 12.2. The molecule has 2 N–H and O–H groups in total. The van der Waals surface area contributed by atoms with E-state index in [-0.39, 0.29) is 30.3 Å². The molecule has 1 aliphatic heterocycles. The number of pyridine rings is 1. The van der Waals surface area contributed by atoms with Gasteiger partial charge < -0.3 is 15.3 Å². The predicted octanol–water partition coefficient (Wildman–Crippen LogP) is 7.63. The standard InChI is InChI=1S/C27H27BrCl3N3O3/c1-15-23(18-13-17(28)6-9-21(18)33-26(15)34-11-3-2-4-12-34)27(37)32-14-16(5-10-22(35)36)24-19(29)7-8-20(30)25(24)31/h6-9,13,16H,2-5,10-12,14H2,1H3,(H,32,37)(H,35,36). The van der Waals surface area contributed by atoms with E-state index >= 15 is 0 Å². The van der Waals surface area contributed by atoms with E-state index in [0.717, 1.165) is 52.7 Å². The van der Waals surface area contributed by atoms with Crippen molar-refractivity contribution in [3.63, 3.8) is 0 Å². The summed E-state index contributed by atoms with van der Waals surface area (Å²) in [6.45, 7) is 3.88. The first-order chi connectivity index (χ1) is 17.7. The molecule has 1 aliphatic rings. The number of nitrogens with zero attached hydrogens (tertiary/aromatic N) is 2. The minimum absolute atomic E-state index is 0.108. The lowest BCUT2D eigenvalue weighted by Gasteiger charge is -2.30. The zero-order valence-corrected chi connectivity index (χ0v) is 24.1. The van der Waals surface area contributed by atoms with Crippen molar-refractivity contribution in [2.24, 2.45) is 0 Å². The summed E-state index contributed by atoms with van der Waals surface area (Å²) >= 11 is 22.7. The molecule has 0 bridgehead atoms. The van der Waals surface area contributed by atoms with Crippen LogP contribution in [0.5, 0.6) is 0 Å². The molecule has 3 aromatic rings. The Bertz CT molecular complexity index is 1350. The number of amides is 1. The highest BCUT2D eigenvalue weighted by atomic mass is 79.9. The van der Waals surface area contributed by atoms with Gasteiger partial charge in [-0.2, -0.15) is 0 Å². The van der Waals surface area contributed by atoms with Gasteiger partial charge in [0.05, 0.1) is 21.1 Å². The highest BCUT2D eigenvalue weighted by molar-refractivity contribution is 9.10. The van der Waals surface area contributed by atoms with Crippen LogP contribution < -0.4 is 10.2 Å². The third-order valence-electron chi connectivity index (χ3n) is 6.75. The summed E-state index contributed by atoms with van der Waals surface area (Å²) in [5, 5.41) is 14.0. The monoisotopic (exact) mass is 625 g/mol. The number of halogens is 4. The first-order valence-corrected chi connectivity index (χ1v) is 14.1. The van der Waals surface area contributed by atoms with Gasteiger partial charge in [-0.3, -0.25) is 9.59 Å². The summed E-state index contributed by atoms with van der Waals surface area (Å²) in [5.41, 5.74) is 2.63. The van der Waals surface area contributed by atoms with Gasteiger partial charge in [-0.15, -0.1) is 0 Å². The molecule has 4 rings (SSSR count). The largest absolute Gasteiger partial charge is 0.481 e. The highest BCUT2D eigenvalue weighted by Gasteiger charge is 2.25. The SMILES string of the molecule is Cc1c(N2CCCCC2)nc2ccc(Br)cc2c1C(=O)NCC(CCC(=O)O)c1c(Cl)ccc(Cl)c1Cl. The van der Waals surface area contributed by atoms with Crippen molar-refractivity contribution >= 4 is 79.3 Å². The van der Waals surface area contributed by atoms with E-state index in [9.17, 15) is 14.7 Å². The van der Waals surface area contributed by atoms with Crippen LogP contribution >= 0.6 is 50.7 Å². The number of hydrogen-bond acceptors (Lipinski definition) is 4. The third-order valence-corrected chi connectivity index (χ3v) is 8.39. The van der Waals surface area contributed by atoms with Gasteiger partial charge in [0.2, 0.25) is 0 Å². The van der Waals surface area contributed by atoms with Crippen LogP contribution in [0.2, 0.25) is 15.1 Å².